The molecule has 0 N–H and O–H groups in total. The maximum atomic E-state index is 2.97. The number of aryl methyl sites for hydroxylation is 1. The minimum atomic E-state index is 1.24. The van der Waals surface area contributed by atoms with E-state index in [9.17, 15) is 0 Å². The Morgan fingerprint density at radius 3 is 2.25 bits per heavy atom. The summed E-state index contributed by atoms with van der Waals surface area (Å²) in [5.41, 5.74) is 1.31. The van der Waals surface area contributed by atoms with Crippen molar-refractivity contribution in [2.45, 2.75) is 6.92 Å². The van der Waals surface area contributed by atoms with E-state index >= 15 is 0 Å². The molecule has 0 atom stereocenters. The second-order valence-corrected chi connectivity index (χ2v) is 2.69. The molecule has 0 aliphatic rings. The van der Waals surface area contributed by atoms with Crippen molar-refractivity contribution in [1.82, 2.24) is 0 Å². The van der Waals surface area contributed by atoms with Crippen molar-refractivity contribution >= 4 is 20.5 Å². The van der Waals surface area contributed by atoms with Gasteiger partial charge in [0.25, 0.3) is 0 Å². The van der Waals surface area contributed by atoms with E-state index in [1.165, 1.54) is 10.0 Å². The monoisotopic (exact) mass is 171 g/mol. The van der Waals surface area contributed by atoms with E-state index in [1.54, 1.807) is 0 Å². The molecule has 0 amide bonds. The van der Waals surface area contributed by atoms with E-state index in [2.05, 4.69) is 35.1 Å². The Morgan fingerprint density at radius 2 is 1.88 bits per heavy atom. The van der Waals surface area contributed by atoms with Crippen molar-refractivity contribution in [3.8, 4) is 0 Å². The third-order valence-corrected chi connectivity index (χ3v) is 2.05. The predicted molar refractivity (Wildman–Crippen MR) is 36.6 cm³/mol. The van der Waals surface area contributed by atoms with Gasteiger partial charge in [-0.1, -0.05) is 0 Å². The molecule has 0 saturated carbocycles. The molecule has 0 fully saturated rings. The number of hydrogen-bond acceptors (Lipinski definition) is 0. The van der Waals surface area contributed by atoms with Crippen LogP contribution in [0.1, 0.15) is 5.56 Å². The van der Waals surface area contributed by atoms with Gasteiger partial charge in [0, 0.05) is 0 Å². The Balaban J connectivity index is 3.13. The average Bonchev–Trinajstić information content (AvgIpc) is 1.77. The van der Waals surface area contributed by atoms with Crippen LogP contribution in [0, 0.1) is 6.92 Å². The third-order valence-electron chi connectivity index (χ3n) is 1.09. The van der Waals surface area contributed by atoms with Crippen molar-refractivity contribution in [1.29, 1.82) is 0 Å². The van der Waals surface area contributed by atoms with Gasteiger partial charge in [-0.25, -0.2) is 0 Å². The SMILES string of the molecule is Cc1ccccc1[Se]. The standard InChI is InChI=1S/C7H7Se/c1-6-4-2-3-5-7(6)8/h2-5H,1H3. The fourth-order valence-electron chi connectivity index (χ4n) is 0.556. The summed E-state index contributed by atoms with van der Waals surface area (Å²) in [7, 11) is 0. The summed E-state index contributed by atoms with van der Waals surface area (Å²) in [6, 6.07) is 8.22. The molecular weight excluding hydrogens is 163 g/mol. The van der Waals surface area contributed by atoms with Crippen molar-refractivity contribution in [3.63, 3.8) is 0 Å². The zero-order valence-corrected chi connectivity index (χ0v) is 6.43. The van der Waals surface area contributed by atoms with Gasteiger partial charge in [-0.3, -0.25) is 0 Å². The quantitative estimate of drug-likeness (QED) is 0.505. The van der Waals surface area contributed by atoms with Crippen LogP contribution in [-0.4, -0.2) is 16.0 Å². The van der Waals surface area contributed by atoms with Crippen molar-refractivity contribution < 1.29 is 0 Å². The third kappa shape index (κ3) is 1.12. The number of rotatable bonds is 0. The number of benzene rings is 1. The molecular formula is C7H7Se. The van der Waals surface area contributed by atoms with Gasteiger partial charge in [-0.15, -0.1) is 0 Å². The van der Waals surface area contributed by atoms with E-state index in [1.807, 2.05) is 12.1 Å². The summed E-state index contributed by atoms with van der Waals surface area (Å²) in [4.78, 5) is 0. The zero-order valence-electron chi connectivity index (χ0n) is 4.72. The van der Waals surface area contributed by atoms with E-state index in [0.29, 0.717) is 0 Å². The van der Waals surface area contributed by atoms with E-state index in [0.717, 1.165) is 0 Å². The Labute approximate surface area is 57.7 Å². The second-order valence-electron chi connectivity index (χ2n) is 1.77. The van der Waals surface area contributed by atoms with Gasteiger partial charge in [0.15, 0.2) is 0 Å². The molecule has 0 bridgehead atoms. The predicted octanol–water partition coefficient (Wildman–Crippen LogP) is 0.789. The number of hydrogen-bond donors (Lipinski definition) is 0. The molecule has 0 unspecified atom stereocenters. The van der Waals surface area contributed by atoms with Crippen molar-refractivity contribution in [3.05, 3.63) is 29.8 Å². The molecule has 1 heteroatoms. The molecule has 0 heterocycles. The molecule has 1 radical (unpaired) electrons. The Morgan fingerprint density at radius 1 is 1.25 bits per heavy atom. The maximum absolute atomic E-state index is 2.97. The summed E-state index contributed by atoms with van der Waals surface area (Å²) < 4.78 is 1.24. The molecule has 0 aliphatic carbocycles. The van der Waals surface area contributed by atoms with Crippen molar-refractivity contribution in [2.75, 3.05) is 0 Å². The van der Waals surface area contributed by atoms with Gasteiger partial charge in [0.2, 0.25) is 0 Å². The summed E-state index contributed by atoms with van der Waals surface area (Å²) in [6.45, 7) is 2.09. The Hall–Kier alpha value is -0.261. The molecule has 0 spiro atoms. The molecule has 0 aliphatic heterocycles. The van der Waals surface area contributed by atoms with Crippen LogP contribution in [0.4, 0.5) is 0 Å². The molecule has 41 valence electrons. The Kier molecular flexibility index (Phi) is 1.72. The first-order valence-corrected chi connectivity index (χ1v) is 3.39. The van der Waals surface area contributed by atoms with Crippen LogP contribution in [0.25, 0.3) is 0 Å². The van der Waals surface area contributed by atoms with Gasteiger partial charge >= 0.3 is 57.2 Å². The van der Waals surface area contributed by atoms with Crippen LogP contribution in [-0.2, 0) is 0 Å². The van der Waals surface area contributed by atoms with E-state index in [-0.39, 0.29) is 0 Å². The fraction of sp³-hybridized carbons (Fsp3) is 0.143. The van der Waals surface area contributed by atoms with E-state index < -0.39 is 0 Å². The first-order chi connectivity index (χ1) is 3.80. The molecule has 0 saturated heterocycles. The second kappa shape index (κ2) is 2.34. The van der Waals surface area contributed by atoms with Crippen LogP contribution in [0.15, 0.2) is 24.3 Å². The summed E-state index contributed by atoms with van der Waals surface area (Å²) in [6.07, 6.45) is 0. The molecule has 1 rings (SSSR count). The molecule has 0 nitrogen and oxygen atoms in total. The van der Waals surface area contributed by atoms with Gasteiger partial charge in [0.05, 0.1) is 0 Å². The minimum absolute atomic E-state index is 1.24. The topological polar surface area (TPSA) is 0 Å². The first kappa shape index (κ1) is 5.87. The molecule has 1 aromatic rings. The summed E-state index contributed by atoms with van der Waals surface area (Å²) in [5, 5.41) is 0. The fourth-order valence-corrected chi connectivity index (χ4v) is 0.864. The molecule has 1 aromatic carbocycles. The summed E-state index contributed by atoms with van der Waals surface area (Å²) >= 11 is 2.97. The van der Waals surface area contributed by atoms with Crippen LogP contribution in [0.3, 0.4) is 0 Å². The summed E-state index contributed by atoms with van der Waals surface area (Å²) in [5.74, 6) is 0. The van der Waals surface area contributed by atoms with Crippen LogP contribution >= 0.6 is 0 Å². The molecule has 8 heavy (non-hydrogen) atoms. The van der Waals surface area contributed by atoms with Gasteiger partial charge in [-0.2, -0.15) is 0 Å². The zero-order chi connectivity index (χ0) is 5.98. The van der Waals surface area contributed by atoms with E-state index in [4.69, 9.17) is 0 Å². The van der Waals surface area contributed by atoms with Crippen LogP contribution < -0.4 is 4.46 Å². The van der Waals surface area contributed by atoms with Crippen LogP contribution in [0.2, 0.25) is 0 Å². The van der Waals surface area contributed by atoms with Gasteiger partial charge < -0.3 is 0 Å². The van der Waals surface area contributed by atoms with Gasteiger partial charge in [-0.05, 0) is 0 Å². The normalized spacial score (nSPS) is 9.12. The molecule has 0 aromatic heterocycles. The Bertz CT molecular complexity index is 160. The van der Waals surface area contributed by atoms with Gasteiger partial charge in [0.1, 0.15) is 0 Å². The first-order valence-electron chi connectivity index (χ1n) is 2.53. The van der Waals surface area contributed by atoms with Crippen molar-refractivity contribution in [2.24, 2.45) is 0 Å². The average molecular weight is 170 g/mol. The van der Waals surface area contributed by atoms with Crippen LogP contribution in [0.5, 0.6) is 0 Å².